The fourth-order valence-electron chi connectivity index (χ4n) is 1.71. The van der Waals surface area contributed by atoms with Gasteiger partial charge < -0.3 is 16.2 Å². The molecule has 0 atom stereocenters. The number of rotatable bonds is 2. The third-order valence-corrected chi connectivity index (χ3v) is 3.01. The Bertz CT molecular complexity index is 489. The van der Waals surface area contributed by atoms with E-state index in [1.54, 1.807) is 13.3 Å². The van der Waals surface area contributed by atoms with Crippen molar-refractivity contribution in [2.24, 2.45) is 11.5 Å². The summed E-state index contributed by atoms with van der Waals surface area (Å²) in [5, 5.41) is 1.70. The van der Waals surface area contributed by atoms with Crippen molar-refractivity contribution in [1.82, 2.24) is 0 Å². The zero-order valence-electron chi connectivity index (χ0n) is 8.92. The maximum atomic E-state index is 6.13. The highest BCUT2D eigenvalue weighted by atomic mass is 16.5. The molecule has 1 aromatic rings. The fraction of sp³-hybridized carbons (Fsp3) is 0.333. The van der Waals surface area contributed by atoms with Crippen LogP contribution in [-0.2, 0) is 5.54 Å². The van der Waals surface area contributed by atoms with E-state index in [2.05, 4.69) is 6.58 Å². The van der Waals surface area contributed by atoms with Crippen LogP contribution in [0.15, 0.2) is 12.1 Å². The molecule has 0 saturated heterocycles. The van der Waals surface area contributed by atoms with Crippen LogP contribution in [0.3, 0.4) is 0 Å². The number of hydrogen-bond acceptors (Lipinski definition) is 3. The zero-order chi connectivity index (χ0) is 11.1. The highest BCUT2D eigenvalue weighted by molar-refractivity contribution is 5.41. The zero-order valence-corrected chi connectivity index (χ0v) is 8.92. The molecule has 1 fully saturated rings. The van der Waals surface area contributed by atoms with Crippen molar-refractivity contribution in [3.05, 3.63) is 28.1 Å². The largest absolute Gasteiger partial charge is 0.496 e. The van der Waals surface area contributed by atoms with Gasteiger partial charge in [0.05, 0.1) is 7.11 Å². The molecule has 0 unspecified atom stereocenters. The van der Waals surface area contributed by atoms with E-state index in [1.807, 2.05) is 12.1 Å². The van der Waals surface area contributed by atoms with E-state index in [0.717, 1.165) is 34.6 Å². The Kier molecular flexibility index (Phi) is 2.20. The molecule has 1 aromatic carbocycles. The van der Waals surface area contributed by atoms with Gasteiger partial charge in [-0.3, -0.25) is 0 Å². The predicted molar refractivity (Wildman–Crippen MR) is 61.5 cm³/mol. The lowest BCUT2D eigenvalue weighted by Gasteiger charge is -2.11. The summed E-state index contributed by atoms with van der Waals surface area (Å²) in [4.78, 5) is 0. The Hall–Kier alpha value is -1.48. The van der Waals surface area contributed by atoms with Crippen LogP contribution in [0.1, 0.15) is 18.4 Å². The maximum Gasteiger partial charge on any atom is 0.126 e. The number of methoxy groups -OCH3 is 1. The lowest BCUT2D eigenvalue weighted by Crippen LogP contribution is -2.30. The van der Waals surface area contributed by atoms with E-state index < -0.39 is 0 Å². The Balaban J connectivity index is 2.65. The molecule has 0 radical (unpaired) electrons. The Morgan fingerprint density at radius 2 is 2.13 bits per heavy atom. The monoisotopic (exact) mass is 204 g/mol. The molecule has 15 heavy (non-hydrogen) atoms. The van der Waals surface area contributed by atoms with Crippen LogP contribution in [-0.4, -0.2) is 7.11 Å². The van der Waals surface area contributed by atoms with Crippen molar-refractivity contribution in [1.29, 1.82) is 0 Å². The summed E-state index contributed by atoms with van der Waals surface area (Å²) in [6.07, 6.45) is 3.59. The first-order chi connectivity index (χ1) is 7.10. The van der Waals surface area contributed by atoms with Crippen LogP contribution >= 0.6 is 0 Å². The van der Waals surface area contributed by atoms with Gasteiger partial charge in [0.25, 0.3) is 0 Å². The molecule has 1 saturated carbocycles. The number of nitrogens with two attached hydrogens (primary N) is 2. The van der Waals surface area contributed by atoms with Gasteiger partial charge in [-0.25, -0.2) is 0 Å². The second-order valence-electron chi connectivity index (χ2n) is 4.07. The Morgan fingerprint density at radius 3 is 2.60 bits per heavy atom. The minimum Gasteiger partial charge on any atom is -0.496 e. The van der Waals surface area contributed by atoms with Crippen LogP contribution in [0, 0.1) is 0 Å². The van der Waals surface area contributed by atoms with Crippen molar-refractivity contribution in [2.45, 2.75) is 18.4 Å². The average Bonchev–Trinajstić information content (AvgIpc) is 2.98. The van der Waals surface area contributed by atoms with Crippen LogP contribution < -0.4 is 26.6 Å². The van der Waals surface area contributed by atoms with Crippen molar-refractivity contribution in [3.8, 4) is 5.75 Å². The Labute approximate surface area is 89.0 Å². The van der Waals surface area contributed by atoms with Crippen LogP contribution in [0.25, 0.3) is 12.8 Å². The van der Waals surface area contributed by atoms with Crippen LogP contribution in [0.2, 0.25) is 0 Å². The smallest absolute Gasteiger partial charge is 0.126 e. The van der Waals surface area contributed by atoms with Gasteiger partial charge in [-0.15, -0.1) is 0 Å². The van der Waals surface area contributed by atoms with E-state index in [-0.39, 0.29) is 5.54 Å². The van der Waals surface area contributed by atoms with Gasteiger partial charge in [-0.05, 0) is 30.5 Å². The molecule has 0 aromatic heterocycles. The molecule has 0 spiro atoms. The van der Waals surface area contributed by atoms with Crippen molar-refractivity contribution in [2.75, 3.05) is 7.11 Å². The second kappa shape index (κ2) is 3.28. The number of benzene rings is 1. The molecule has 1 aliphatic rings. The quantitative estimate of drug-likeness (QED) is 0.698. The van der Waals surface area contributed by atoms with Gasteiger partial charge in [0.1, 0.15) is 5.75 Å². The molecule has 3 heteroatoms. The highest BCUT2D eigenvalue weighted by Crippen LogP contribution is 2.42. The van der Waals surface area contributed by atoms with Gasteiger partial charge >= 0.3 is 0 Å². The summed E-state index contributed by atoms with van der Waals surface area (Å²) >= 11 is 0. The first-order valence-electron chi connectivity index (χ1n) is 4.99. The number of ether oxygens (including phenoxy) is 1. The average molecular weight is 204 g/mol. The van der Waals surface area contributed by atoms with E-state index in [4.69, 9.17) is 16.2 Å². The van der Waals surface area contributed by atoms with Crippen molar-refractivity contribution < 1.29 is 4.74 Å². The standard InChI is InChI=1S/C12H16N2O/c1-8-9(7-13)5-10(6-11(8)15-2)12(14)3-4-12/h5-7H,1,3-4,13-14H2,2H3/b9-7-. The summed E-state index contributed by atoms with van der Waals surface area (Å²) in [6.45, 7) is 3.93. The fourth-order valence-corrected chi connectivity index (χ4v) is 1.71. The van der Waals surface area contributed by atoms with Gasteiger partial charge in [0.2, 0.25) is 0 Å². The second-order valence-corrected chi connectivity index (χ2v) is 4.07. The third kappa shape index (κ3) is 1.59. The lowest BCUT2D eigenvalue weighted by atomic mass is 10.0. The summed E-state index contributed by atoms with van der Waals surface area (Å²) < 4.78 is 5.26. The third-order valence-electron chi connectivity index (χ3n) is 3.01. The first kappa shape index (κ1) is 10.1. The van der Waals surface area contributed by atoms with E-state index in [9.17, 15) is 0 Å². The molecule has 0 bridgehead atoms. The summed E-state index contributed by atoms with van der Waals surface area (Å²) in [5.74, 6) is 0.751. The van der Waals surface area contributed by atoms with E-state index >= 15 is 0 Å². The molecule has 0 heterocycles. The predicted octanol–water partition coefficient (Wildman–Crippen LogP) is -0.250. The van der Waals surface area contributed by atoms with Gasteiger partial charge in [0.15, 0.2) is 0 Å². The number of hydrogen-bond donors (Lipinski definition) is 2. The van der Waals surface area contributed by atoms with E-state index in [0.29, 0.717) is 0 Å². The molecule has 0 aliphatic heterocycles. The van der Waals surface area contributed by atoms with E-state index in [1.165, 1.54) is 0 Å². The molecular formula is C12H16N2O. The SMILES string of the molecule is C=c1c(OC)cc(C2(N)CC2)c/c1=C/N. The molecule has 0 amide bonds. The molecule has 1 aliphatic carbocycles. The molecule has 4 N–H and O–H groups in total. The van der Waals surface area contributed by atoms with Gasteiger partial charge in [-0.2, -0.15) is 0 Å². The highest BCUT2D eigenvalue weighted by Gasteiger charge is 2.40. The summed E-state index contributed by atoms with van der Waals surface area (Å²) in [5.41, 5.74) is 12.6. The normalized spacial score (nSPS) is 18.9. The lowest BCUT2D eigenvalue weighted by molar-refractivity contribution is 0.410. The van der Waals surface area contributed by atoms with Gasteiger partial charge in [-0.1, -0.05) is 6.58 Å². The topological polar surface area (TPSA) is 61.3 Å². The maximum absolute atomic E-state index is 6.13. The summed E-state index contributed by atoms with van der Waals surface area (Å²) in [6, 6.07) is 3.96. The molecule has 2 rings (SSSR count). The van der Waals surface area contributed by atoms with Crippen LogP contribution in [0.4, 0.5) is 0 Å². The molecule has 80 valence electrons. The van der Waals surface area contributed by atoms with Crippen molar-refractivity contribution >= 4 is 12.8 Å². The minimum atomic E-state index is -0.168. The van der Waals surface area contributed by atoms with Crippen molar-refractivity contribution in [3.63, 3.8) is 0 Å². The minimum absolute atomic E-state index is 0.168. The van der Waals surface area contributed by atoms with Gasteiger partial charge in [0, 0.05) is 22.2 Å². The first-order valence-corrected chi connectivity index (χ1v) is 4.99. The molecular weight excluding hydrogens is 188 g/mol. The molecule has 3 nitrogen and oxygen atoms in total. The summed E-state index contributed by atoms with van der Waals surface area (Å²) in [7, 11) is 1.63. The Morgan fingerprint density at radius 1 is 1.47 bits per heavy atom. The van der Waals surface area contributed by atoms with Crippen LogP contribution in [0.5, 0.6) is 5.75 Å².